The molecule has 1 atom stereocenters. The Labute approximate surface area is 189 Å². The Morgan fingerprint density at radius 1 is 1.10 bits per heavy atom. The Kier molecular flexibility index (Phi) is 6.70. The number of halogens is 1. The number of amides is 1. The zero-order valence-corrected chi connectivity index (χ0v) is 19.4. The van der Waals surface area contributed by atoms with Crippen LogP contribution in [0.3, 0.4) is 0 Å². The van der Waals surface area contributed by atoms with Gasteiger partial charge in [0.15, 0.2) is 0 Å². The van der Waals surface area contributed by atoms with Gasteiger partial charge in [-0.25, -0.2) is 8.42 Å². The van der Waals surface area contributed by atoms with E-state index in [2.05, 4.69) is 5.32 Å². The van der Waals surface area contributed by atoms with E-state index < -0.39 is 10.0 Å². The summed E-state index contributed by atoms with van der Waals surface area (Å²) in [5.41, 5.74) is 3.44. The number of hydrogen-bond donors (Lipinski definition) is 1. The lowest BCUT2D eigenvalue weighted by molar-refractivity contribution is -0.126. The molecule has 2 aromatic carbocycles. The van der Waals surface area contributed by atoms with Gasteiger partial charge in [-0.2, -0.15) is 4.31 Å². The molecule has 2 aliphatic rings. The molecule has 2 aromatic rings. The second-order valence-corrected chi connectivity index (χ2v) is 10.9. The molecule has 1 N–H and O–H groups in total. The van der Waals surface area contributed by atoms with Gasteiger partial charge in [-0.05, 0) is 79.5 Å². The summed E-state index contributed by atoms with van der Waals surface area (Å²) >= 11 is 5.97. The van der Waals surface area contributed by atoms with E-state index in [0.29, 0.717) is 35.8 Å². The number of benzene rings is 2. The Bertz CT molecular complexity index is 1040. The van der Waals surface area contributed by atoms with Crippen molar-refractivity contribution in [2.45, 2.75) is 56.4 Å². The van der Waals surface area contributed by atoms with Crippen LogP contribution in [0.5, 0.6) is 0 Å². The molecule has 0 aromatic heterocycles. The molecule has 0 saturated carbocycles. The molecule has 1 saturated heterocycles. The third-order valence-electron chi connectivity index (χ3n) is 6.53. The third-order valence-corrected chi connectivity index (χ3v) is 8.68. The van der Waals surface area contributed by atoms with E-state index in [1.54, 1.807) is 6.07 Å². The minimum atomic E-state index is -3.52. The van der Waals surface area contributed by atoms with Crippen molar-refractivity contribution in [2.75, 3.05) is 13.1 Å². The van der Waals surface area contributed by atoms with Gasteiger partial charge in [-0.3, -0.25) is 4.79 Å². The van der Waals surface area contributed by atoms with Crippen molar-refractivity contribution in [2.24, 2.45) is 5.92 Å². The van der Waals surface area contributed by atoms with E-state index in [4.69, 9.17) is 11.6 Å². The first-order valence-electron chi connectivity index (χ1n) is 11.1. The van der Waals surface area contributed by atoms with Gasteiger partial charge in [-0.1, -0.05) is 36.7 Å². The number of carbonyl (C=O) groups is 1. The van der Waals surface area contributed by atoms with Crippen LogP contribution in [0.2, 0.25) is 5.02 Å². The van der Waals surface area contributed by atoms with Crippen molar-refractivity contribution in [1.29, 1.82) is 0 Å². The first-order chi connectivity index (χ1) is 14.9. The topological polar surface area (TPSA) is 66.5 Å². The Morgan fingerprint density at radius 3 is 2.45 bits per heavy atom. The fourth-order valence-electron chi connectivity index (χ4n) is 4.62. The van der Waals surface area contributed by atoms with Crippen molar-refractivity contribution in [3.05, 3.63) is 64.2 Å². The zero-order valence-electron chi connectivity index (χ0n) is 17.8. The molecular formula is C24H29ClN2O3S. The van der Waals surface area contributed by atoms with Gasteiger partial charge < -0.3 is 5.32 Å². The third kappa shape index (κ3) is 4.81. The molecule has 7 heteroatoms. The maximum Gasteiger partial charge on any atom is 0.243 e. The second-order valence-electron chi connectivity index (χ2n) is 8.48. The second kappa shape index (κ2) is 9.31. The number of carbonyl (C=O) groups excluding carboxylic acids is 1. The Morgan fingerprint density at radius 2 is 1.77 bits per heavy atom. The lowest BCUT2D eigenvalue weighted by Gasteiger charge is -2.31. The van der Waals surface area contributed by atoms with Crippen molar-refractivity contribution in [3.63, 3.8) is 0 Å². The number of hydrogen-bond acceptors (Lipinski definition) is 3. The van der Waals surface area contributed by atoms with Gasteiger partial charge in [0.1, 0.15) is 0 Å². The maximum absolute atomic E-state index is 13.1. The number of nitrogens with zero attached hydrogens (tertiary/aromatic N) is 1. The summed E-state index contributed by atoms with van der Waals surface area (Å²) in [4.78, 5) is 13.2. The number of rotatable bonds is 6. The average molecular weight is 461 g/mol. The van der Waals surface area contributed by atoms with Crippen molar-refractivity contribution in [1.82, 2.24) is 9.62 Å². The smallest absolute Gasteiger partial charge is 0.243 e. The number of nitrogens with one attached hydrogen (secondary N) is 1. The molecule has 0 unspecified atom stereocenters. The van der Waals surface area contributed by atoms with Gasteiger partial charge in [0.25, 0.3) is 0 Å². The van der Waals surface area contributed by atoms with Gasteiger partial charge in [-0.15, -0.1) is 0 Å². The summed E-state index contributed by atoms with van der Waals surface area (Å²) in [6, 6.07) is 13.0. The van der Waals surface area contributed by atoms with Crippen LogP contribution in [0.25, 0.3) is 0 Å². The van der Waals surface area contributed by atoms with Crippen LogP contribution in [-0.2, 0) is 27.7 Å². The highest BCUT2D eigenvalue weighted by Gasteiger charge is 2.33. The number of piperidine rings is 1. The van der Waals surface area contributed by atoms with Crippen LogP contribution >= 0.6 is 11.6 Å². The van der Waals surface area contributed by atoms with Crippen molar-refractivity contribution >= 4 is 27.5 Å². The van der Waals surface area contributed by atoms with Crippen LogP contribution in [-0.4, -0.2) is 31.7 Å². The number of aryl methyl sites for hydroxylation is 2. The minimum absolute atomic E-state index is 0.00335. The molecule has 1 heterocycles. The van der Waals surface area contributed by atoms with E-state index in [1.807, 2.05) is 43.3 Å². The molecule has 31 heavy (non-hydrogen) atoms. The average Bonchev–Trinajstić information content (AvgIpc) is 3.26. The molecule has 0 radical (unpaired) electrons. The normalized spacial score (nSPS) is 18.5. The van der Waals surface area contributed by atoms with Gasteiger partial charge in [0.05, 0.1) is 10.9 Å². The molecule has 1 fully saturated rings. The largest absolute Gasteiger partial charge is 0.349 e. The molecule has 0 spiro atoms. The Balaban J connectivity index is 1.37. The molecule has 4 rings (SSSR count). The standard InChI is InChI=1S/C24H29ClN2O3S/c1-2-23(18-6-9-21(25)10-7-18)26-24(28)19-12-14-27(15-13-19)31(29,30)22-11-8-17-4-3-5-20(17)16-22/h6-11,16,19,23H,2-5,12-15H2,1H3,(H,26,28)/t23-/m1/s1. The molecule has 1 aliphatic carbocycles. The SMILES string of the molecule is CC[C@@H](NC(=O)C1CCN(S(=O)(=O)c2ccc3c(c2)CCC3)CC1)c1ccc(Cl)cc1. The predicted molar refractivity (Wildman–Crippen MR) is 123 cm³/mol. The lowest BCUT2D eigenvalue weighted by atomic mass is 9.96. The highest BCUT2D eigenvalue weighted by Crippen LogP contribution is 2.29. The predicted octanol–water partition coefficient (Wildman–Crippen LogP) is 4.50. The van der Waals surface area contributed by atoms with E-state index in [9.17, 15) is 13.2 Å². The summed E-state index contributed by atoms with van der Waals surface area (Å²) in [6.45, 7) is 2.77. The minimum Gasteiger partial charge on any atom is -0.349 e. The first kappa shape index (κ1) is 22.3. The van der Waals surface area contributed by atoms with Gasteiger partial charge >= 0.3 is 0 Å². The number of sulfonamides is 1. The monoisotopic (exact) mass is 460 g/mol. The van der Waals surface area contributed by atoms with Crippen LogP contribution in [0.4, 0.5) is 0 Å². The lowest BCUT2D eigenvalue weighted by Crippen LogP contribution is -2.43. The van der Waals surface area contributed by atoms with Crippen LogP contribution in [0.1, 0.15) is 55.3 Å². The zero-order chi connectivity index (χ0) is 22.0. The summed E-state index contributed by atoms with van der Waals surface area (Å²) < 4.78 is 27.8. The van der Waals surface area contributed by atoms with E-state index in [-0.39, 0.29) is 17.9 Å². The molecular weight excluding hydrogens is 432 g/mol. The molecule has 1 aliphatic heterocycles. The van der Waals surface area contributed by atoms with Gasteiger partial charge in [0, 0.05) is 24.0 Å². The Hall–Kier alpha value is -1.89. The molecule has 166 valence electrons. The highest BCUT2D eigenvalue weighted by molar-refractivity contribution is 7.89. The maximum atomic E-state index is 13.1. The fraction of sp³-hybridized carbons (Fsp3) is 0.458. The van der Waals surface area contributed by atoms with E-state index in [0.717, 1.165) is 36.8 Å². The highest BCUT2D eigenvalue weighted by atomic mass is 35.5. The summed E-state index contributed by atoms with van der Waals surface area (Å²) in [5, 5.41) is 3.80. The quantitative estimate of drug-likeness (QED) is 0.690. The summed E-state index contributed by atoms with van der Waals surface area (Å²) in [5.74, 6) is -0.177. The summed E-state index contributed by atoms with van der Waals surface area (Å²) in [6.07, 6.45) is 4.92. The van der Waals surface area contributed by atoms with Crippen LogP contribution in [0, 0.1) is 5.92 Å². The van der Waals surface area contributed by atoms with E-state index >= 15 is 0 Å². The van der Waals surface area contributed by atoms with Crippen LogP contribution in [0.15, 0.2) is 47.4 Å². The molecule has 0 bridgehead atoms. The van der Waals surface area contributed by atoms with Crippen molar-refractivity contribution < 1.29 is 13.2 Å². The summed E-state index contributed by atoms with van der Waals surface area (Å²) in [7, 11) is -3.52. The molecule has 5 nitrogen and oxygen atoms in total. The number of fused-ring (bicyclic) bond motifs is 1. The van der Waals surface area contributed by atoms with E-state index in [1.165, 1.54) is 9.87 Å². The van der Waals surface area contributed by atoms with Crippen molar-refractivity contribution in [3.8, 4) is 0 Å². The van der Waals surface area contributed by atoms with Gasteiger partial charge in [0.2, 0.25) is 15.9 Å². The molecule has 1 amide bonds. The first-order valence-corrected chi connectivity index (χ1v) is 12.9. The van der Waals surface area contributed by atoms with Crippen LogP contribution < -0.4 is 5.32 Å². The fourth-order valence-corrected chi connectivity index (χ4v) is 6.27.